The third-order valence-electron chi connectivity index (χ3n) is 5.33. The highest BCUT2D eigenvalue weighted by atomic mass is 16.8. The molecule has 7 nitrogen and oxygen atoms in total. The van der Waals surface area contributed by atoms with Gasteiger partial charge in [0, 0.05) is 6.61 Å². The zero-order chi connectivity index (χ0) is 20.5. The molecule has 0 bridgehead atoms. The average molecular weight is 413 g/mol. The monoisotopic (exact) mass is 412 g/mol. The second-order valence-electron chi connectivity index (χ2n) is 8.21. The first-order valence-corrected chi connectivity index (χ1v) is 11.0. The second-order valence-corrected chi connectivity index (χ2v) is 8.21. The molecule has 29 heavy (non-hydrogen) atoms. The van der Waals surface area contributed by atoms with Gasteiger partial charge < -0.3 is 33.2 Å². The summed E-state index contributed by atoms with van der Waals surface area (Å²) in [5.41, 5.74) is 0. The summed E-state index contributed by atoms with van der Waals surface area (Å²) >= 11 is 0. The Labute approximate surface area is 174 Å². The van der Waals surface area contributed by atoms with Crippen molar-refractivity contribution in [2.45, 2.75) is 95.8 Å². The van der Waals surface area contributed by atoms with E-state index < -0.39 is 12.1 Å². The van der Waals surface area contributed by atoms with Gasteiger partial charge in [-0.2, -0.15) is 0 Å². The van der Waals surface area contributed by atoms with Crippen LogP contribution >= 0.6 is 0 Å². The van der Waals surface area contributed by atoms with Crippen LogP contribution in [0.5, 0.6) is 0 Å². The number of unbranched alkanes of at least 4 members (excludes halogenated alkanes) is 5. The maximum Gasteiger partial charge on any atom is 0.190 e. The Hall–Kier alpha value is -0.720. The van der Waals surface area contributed by atoms with Gasteiger partial charge in [0.05, 0.1) is 6.61 Å². The Bertz CT molecular complexity index is 541. The Morgan fingerprint density at radius 2 is 1.59 bits per heavy atom. The van der Waals surface area contributed by atoms with Crippen molar-refractivity contribution >= 4 is 0 Å². The lowest BCUT2D eigenvalue weighted by Gasteiger charge is -2.37. The van der Waals surface area contributed by atoms with E-state index in [1.54, 1.807) is 0 Å². The molecular weight excluding hydrogens is 376 g/mol. The van der Waals surface area contributed by atoms with Crippen LogP contribution in [0.2, 0.25) is 0 Å². The predicted molar refractivity (Wildman–Crippen MR) is 106 cm³/mol. The van der Waals surface area contributed by atoms with Crippen molar-refractivity contribution in [2.24, 2.45) is 0 Å². The van der Waals surface area contributed by atoms with E-state index in [0.29, 0.717) is 19.8 Å². The minimum Gasteiger partial charge on any atom is -0.369 e. The lowest BCUT2D eigenvalue weighted by atomic mass is 9.99. The normalized spacial score (nSPS) is 32.4. The standard InChI is InChI=1S/C22H36O7/c1-4-5-6-7-8-9-12-23-13-10-11-14-24-15-17-18-19(26-16-25-18)20-21(27-17)29-22(2,3)28-20/h17-21H,4-9,12-16H2,1-3H3/t17-,18+,19+,20-,21-/m1/s1. The van der Waals surface area contributed by atoms with Crippen molar-refractivity contribution < 1.29 is 33.2 Å². The molecular formula is C22H36O7. The highest BCUT2D eigenvalue weighted by molar-refractivity contribution is 5.00. The maximum atomic E-state index is 6.02. The van der Waals surface area contributed by atoms with Crippen molar-refractivity contribution in [1.29, 1.82) is 0 Å². The molecule has 3 aliphatic heterocycles. The van der Waals surface area contributed by atoms with E-state index in [4.69, 9.17) is 33.2 Å². The van der Waals surface area contributed by atoms with E-state index in [2.05, 4.69) is 18.8 Å². The lowest BCUT2D eigenvalue weighted by Crippen LogP contribution is -2.56. The third kappa shape index (κ3) is 6.90. The van der Waals surface area contributed by atoms with E-state index in [-0.39, 0.29) is 31.2 Å². The minimum atomic E-state index is -0.692. The summed E-state index contributed by atoms with van der Waals surface area (Å²) in [4.78, 5) is 0. The molecule has 0 aliphatic carbocycles. The van der Waals surface area contributed by atoms with Crippen LogP contribution in [0.3, 0.4) is 0 Å². The number of rotatable bonds is 11. The summed E-state index contributed by atoms with van der Waals surface area (Å²) in [7, 11) is 0. The fourth-order valence-electron chi connectivity index (χ4n) is 3.89. The molecule has 3 saturated heterocycles. The molecule has 166 valence electrons. The number of hydrogen-bond acceptors (Lipinski definition) is 7. The Balaban J connectivity index is 1.27. The van der Waals surface area contributed by atoms with Gasteiger partial charge in [-0.05, 0) is 20.3 Å². The molecule has 0 aromatic carbocycles. The van der Waals surface area contributed by atoms with Crippen LogP contribution in [0.1, 0.15) is 59.3 Å². The lowest BCUT2D eigenvalue weighted by molar-refractivity contribution is -0.240. The second kappa shape index (κ2) is 11.6. The van der Waals surface area contributed by atoms with Crippen molar-refractivity contribution in [3.63, 3.8) is 0 Å². The van der Waals surface area contributed by atoms with Crippen LogP contribution < -0.4 is 0 Å². The van der Waals surface area contributed by atoms with Crippen LogP contribution in [0.25, 0.3) is 0 Å². The molecule has 5 atom stereocenters. The highest BCUT2D eigenvalue weighted by Crippen LogP contribution is 2.40. The first-order chi connectivity index (χ1) is 14.1. The van der Waals surface area contributed by atoms with E-state index in [9.17, 15) is 0 Å². The smallest absolute Gasteiger partial charge is 0.190 e. The largest absolute Gasteiger partial charge is 0.369 e. The van der Waals surface area contributed by atoms with Crippen molar-refractivity contribution in [3.05, 3.63) is 0 Å². The SMILES string of the molecule is CCCCCCCCOCC#CCOC[C@H]1O[C@@H]2OC(C)(C)O[C@@H]2[C@H]2OCO[C@H]21. The van der Waals surface area contributed by atoms with Crippen molar-refractivity contribution in [2.75, 3.05) is 33.2 Å². The minimum absolute atomic E-state index is 0.203. The molecule has 3 heterocycles. The Morgan fingerprint density at radius 1 is 0.862 bits per heavy atom. The summed E-state index contributed by atoms with van der Waals surface area (Å²) in [6.45, 7) is 8.13. The number of fused-ring (bicyclic) bond motifs is 3. The topological polar surface area (TPSA) is 64.6 Å². The zero-order valence-electron chi connectivity index (χ0n) is 18.0. The molecule has 3 fully saturated rings. The van der Waals surface area contributed by atoms with Gasteiger partial charge >= 0.3 is 0 Å². The first-order valence-electron chi connectivity index (χ1n) is 11.0. The molecule has 3 aliphatic rings. The van der Waals surface area contributed by atoms with Gasteiger partial charge in [-0.15, -0.1) is 0 Å². The molecule has 0 aromatic heterocycles. The summed E-state index contributed by atoms with van der Waals surface area (Å²) in [5, 5.41) is 0. The molecule has 3 rings (SSSR count). The highest BCUT2D eigenvalue weighted by Gasteiger charge is 2.57. The van der Waals surface area contributed by atoms with Gasteiger partial charge in [0.2, 0.25) is 0 Å². The fourth-order valence-corrected chi connectivity index (χ4v) is 3.89. The van der Waals surface area contributed by atoms with E-state index in [1.807, 2.05) is 13.8 Å². The molecule has 0 N–H and O–H groups in total. The fraction of sp³-hybridized carbons (Fsp3) is 0.909. The number of ether oxygens (including phenoxy) is 7. The molecule has 0 radical (unpaired) electrons. The van der Waals surface area contributed by atoms with Crippen LogP contribution in [0.4, 0.5) is 0 Å². The van der Waals surface area contributed by atoms with Crippen molar-refractivity contribution in [3.8, 4) is 11.8 Å². The number of hydrogen-bond donors (Lipinski definition) is 0. The van der Waals surface area contributed by atoms with Gasteiger partial charge in [-0.25, -0.2) is 0 Å². The molecule has 0 aromatic rings. The Kier molecular flexibility index (Phi) is 9.19. The first kappa shape index (κ1) is 23.0. The zero-order valence-corrected chi connectivity index (χ0v) is 18.0. The van der Waals surface area contributed by atoms with Crippen LogP contribution in [0, 0.1) is 11.8 Å². The maximum absolute atomic E-state index is 6.02. The van der Waals surface area contributed by atoms with Gasteiger partial charge in [-0.3, -0.25) is 0 Å². The van der Waals surface area contributed by atoms with E-state index >= 15 is 0 Å². The van der Waals surface area contributed by atoms with Crippen LogP contribution in [-0.2, 0) is 33.2 Å². The summed E-state index contributed by atoms with van der Waals surface area (Å²) in [5.74, 6) is 5.28. The van der Waals surface area contributed by atoms with Gasteiger partial charge in [0.15, 0.2) is 12.1 Å². The molecule has 7 heteroatoms. The quantitative estimate of drug-likeness (QED) is 0.382. The Morgan fingerprint density at radius 3 is 2.41 bits per heavy atom. The van der Waals surface area contributed by atoms with Crippen LogP contribution in [-0.4, -0.2) is 69.7 Å². The summed E-state index contributed by atoms with van der Waals surface area (Å²) < 4.78 is 40.4. The molecule has 0 unspecified atom stereocenters. The third-order valence-corrected chi connectivity index (χ3v) is 5.33. The molecule has 0 spiro atoms. The summed E-state index contributed by atoms with van der Waals surface area (Å²) in [6, 6.07) is 0. The van der Waals surface area contributed by atoms with Gasteiger partial charge in [-0.1, -0.05) is 50.9 Å². The van der Waals surface area contributed by atoms with E-state index in [0.717, 1.165) is 13.0 Å². The van der Waals surface area contributed by atoms with Crippen molar-refractivity contribution in [1.82, 2.24) is 0 Å². The molecule has 0 saturated carbocycles. The van der Waals surface area contributed by atoms with Crippen LogP contribution in [0.15, 0.2) is 0 Å². The summed E-state index contributed by atoms with van der Waals surface area (Å²) in [6.07, 6.45) is 6.14. The van der Waals surface area contributed by atoms with Gasteiger partial charge in [0.25, 0.3) is 0 Å². The predicted octanol–water partition coefficient (Wildman–Crippen LogP) is 3.00. The molecule has 0 amide bonds. The average Bonchev–Trinajstić information content (AvgIpc) is 3.28. The van der Waals surface area contributed by atoms with Gasteiger partial charge in [0.1, 0.15) is 44.4 Å². The van der Waals surface area contributed by atoms with E-state index in [1.165, 1.54) is 32.1 Å².